The maximum atomic E-state index is 9.27. The van der Waals surface area contributed by atoms with Crippen LogP contribution < -0.4 is 5.32 Å². The molecule has 0 amide bonds. The van der Waals surface area contributed by atoms with Crippen molar-refractivity contribution in [2.24, 2.45) is 7.05 Å². The summed E-state index contributed by atoms with van der Waals surface area (Å²) in [6.07, 6.45) is 3.97. The molecule has 2 rings (SSSR count). The zero-order valence-corrected chi connectivity index (χ0v) is 12.1. The molecule has 1 aromatic heterocycles. The molecule has 0 unspecified atom stereocenters. The minimum absolute atomic E-state index is 0.673. The van der Waals surface area contributed by atoms with Crippen molar-refractivity contribution in [1.29, 1.82) is 5.26 Å². The molecule has 0 saturated heterocycles. The Bertz CT molecular complexity index is 625. The van der Waals surface area contributed by atoms with Gasteiger partial charge in [-0.15, -0.1) is 11.8 Å². The zero-order chi connectivity index (χ0) is 13.8. The van der Waals surface area contributed by atoms with E-state index in [1.54, 1.807) is 16.4 Å². The second kappa shape index (κ2) is 5.81. The lowest BCUT2D eigenvalue weighted by Gasteiger charge is -2.10. The smallest absolute Gasteiger partial charge is 0.102 e. The number of nitrogens with one attached hydrogen (secondary N) is 1. The Morgan fingerprint density at radius 1 is 1.47 bits per heavy atom. The number of hydrogen-bond donors (Lipinski definition) is 1. The van der Waals surface area contributed by atoms with Gasteiger partial charge < -0.3 is 5.32 Å². The first-order valence-corrected chi connectivity index (χ1v) is 7.18. The summed E-state index contributed by atoms with van der Waals surface area (Å²) < 4.78 is 1.80. The van der Waals surface area contributed by atoms with Crippen molar-refractivity contribution in [2.45, 2.75) is 18.4 Å². The number of thioether (sulfide) groups is 1. The molecular weight excluding hydrogens is 256 g/mol. The highest BCUT2D eigenvalue weighted by Crippen LogP contribution is 2.26. The Balaban J connectivity index is 2.20. The topological polar surface area (TPSA) is 53.6 Å². The first kappa shape index (κ1) is 13.5. The average Bonchev–Trinajstić information content (AvgIpc) is 2.73. The Labute approximate surface area is 117 Å². The maximum Gasteiger partial charge on any atom is 0.102 e. The molecule has 4 nitrogen and oxygen atoms in total. The van der Waals surface area contributed by atoms with Crippen LogP contribution in [0.15, 0.2) is 29.3 Å². The second-order valence-corrected chi connectivity index (χ2v) is 5.11. The number of nitriles is 1. The maximum absolute atomic E-state index is 9.27. The number of anilines is 1. The molecule has 98 valence electrons. The van der Waals surface area contributed by atoms with Gasteiger partial charge in [0.25, 0.3) is 0 Å². The molecule has 19 heavy (non-hydrogen) atoms. The highest BCUT2D eigenvalue weighted by molar-refractivity contribution is 7.98. The molecule has 0 atom stereocenters. The normalized spacial score (nSPS) is 10.2. The molecule has 0 aliphatic carbocycles. The zero-order valence-electron chi connectivity index (χ0n) is 11.3. The van der Waals surface area contributed by atoms with Crippen LogP contribution in [0.2, 0.25) is 0 Å². The molecule has 0 aliphatic rings. The van der Waals surface area contributed by atoms with Crippen molar-refractivity contribution >= 4 is 17.4 Å². The van der Waals surface area contributed by atoms with Crippen molar-refractivity contribution < 1.29 is 0 Å². The molecule has 0 bridgehead atoms. The van der Waals surface area contributed by atoms with Crippen molar-refractivity contribution in [3.63, 3.8) is 0 Å². The van der Waals surface area contributed by atoms with Gasteiger partial charge in [-0.3, -0.25) is 4.68 Å². The van der Waals surface area contributed by atoms with Crippen molar-refractivity contribution in [3.8, 4) is 6.07 Å². The minimum atomic E-state index is 0.673. The SMILES string of the molecule is CSc1cccc(NCc2cn(C)nc2C)c1C#N. The van der Waals surface area contributed by atoms with Gasteiger partial charge in [0, 0.05) is 30.2 Å². The highest BCUT2D eigenvalue weighted by Gasteiger charge is 2.08. The molecule has 0 radical (unpaired) electrons. The summed E-state index contributed by atoms with van der Waals surface area (Å²) in [5.74, 6) is 0. The Hall–Kier alpha value is -1.93. The number of aromatic nitrogens is 2. The Morgan fingerprint density at radius 2 is 2.26 bits per heavy atom. The van der Waals surface area contributed by atoms with Crippen LogP contribution in [-0.4, -0.2) is 16.0 Å². The molecule has 0 saturated carbocycles. The summed E-state index contributed by atoms with van der Waals surface area (Å²) in [5, 5.41) is 16.9. The van der Waals surface area contributed by atoms with E-state index in [2.05, 4.69) is 16.5 Å². The summed E-state index contributed by atoms with van der Waals surface area (Å²) in [6.45, 7) is 2.66. The predicted molar refractivity (Wildman–Crippen MR) is 78.2 cm³/mol. The standard InChI is InChI=1S/C14H16N4S/c1-10-11(9-18(2)17-10)8-16-13-5-4-6-14(19-3)12(13)7-15/h4-6,9,16H,8H2,1-3H3. The van der Waals surface area contributed by atoms with Crippen LogP contribution in [0.25, 0.3) is 0 Å². The lowest BCUT2D eigenvalue weighted by atomic mass is 10.2. The minimum Gasteiger partial charge on any atom is -0.380 e. The van der Waals surface area contributed by atoms with Crippen molar-refractivity contribution in [1.82, 2.24) is 9.78 Å². The number of aryl methyl sites for hydroxylation is 2. The van der Waals surface area contributed by atoms with Crippen LogP contribution in [0.3, 0.4) is 0 Å². The summed E-state index contributed by atoms with van der Waals surface area (Å²) in [4.78, 5) is 0.996. The van der Waals surface area contributed by atoms with Gasteiger partial charge in [0.05, 0.1) is 16.9 Å². The average molecular weight is 272 g/mol. The second-order valence-electron chi connectivity index (χ2n) is 4.26. The number of rotatable bonds is 4. The number of benzene rings is 1. The molecule has 5 heteroatoms. The van der Waals surface area contributed by atoms with Gasteiger partial charge in [-0.1, -0.05) is 6.07 Å². The summed E-state index contributed by atoms with van der Waals surface area (Å²) >= 11 is 1.58. The van der Waals surface area contributed by atoms with E-state index in [0.29, 0.717) is 12.1 Å². The Morgan fingerprint density at radius 3 is 2.84 bits per heavy atom. The molecular formula is C14H16N4S. The van der Waals surface area contributed by atoms with E-state index in [0.717, 1.165) is 21.8 Å². The van der Waals surface area contributed by atoms with Gasteiger partial charge in [-0.2, -0.15) is 10.4 Å². The van der Waals surface area contributed by atoms with Gasteiger partial charge in [-0.25, -0.2) is 0 Å². The quantitative estimate of drug-likeness (QED) is 0.869. The highest BCUT2D eigenvalue weighted by atomic mass is 32.2. The van der Waals surface area contributed by atoms with E-state index in [1.165, 1.54) is 0 Å². The van der Waals surface area contributed by atoms with E-state index in [4.69, 9.17) is 0 Å². The van der Waals surface area contributed by atoms with Crippen molar-refractivity contribution in [2.75, 3.05) is 11.6 Å². The van der Waals surface area contributed by atoms with Gasteiger partial charge in [0.15, 0.2) is 0 Å². The van der Waals surface area contributed by atoms with E-state index < -0.39 is 0 Å². The van der Waals surface area contributed by atoms with Crippen LogP contribution >= 0.6 is 11.8 Å². The monoisotopic (exact) mass is 272 g/mol. The number of hydrogen-bond acceptors (Lipinski definition) is 4. The van der Waals surface area contributed by atoms with Gasteiger partial charge in [0.1, 0.15) is 6.07 Å². The third-order valence-corrected chi connectivity index (χ3v) is 3.72. The molecule has 0 fully saturated rings. The van der Waals surface area contributed by atoms with Crippen LogP contribution in [0.1, 0.15) is 16.8 Å². The van der Waals surface area contributed by atoms with Crippen LogP contribution in [-0.2, 0) is 13.6 Å². The van der Waals surface area contributed by atoms with Gasteiger partial charge in [0.2, 0.25) is 0 Å². The van der Waals surface area contributed by atoms with Crippen LogP contribution in [0.4, 0.5) is 5.69 Å². The lowest BCUT2D eigenvalue weighted by Crippen LogP contribution is -2.02. The van der Waals surface area contributed by atoms with Gasteiger partial charge in [-0.05, 0) is 25.3 Å². The molecule has 0 spiro atoms. The number of nitrogens with zero attached hydrogens (tertiary/aromatic N) is 3. The summed E-state index contributed by atoms with van der Waals surface area (Å²) in [7, 11) is 1.91. The third-order valence-electron chi connectivity index (χ3n) is 2.94. The van der Waals surface area contributed by atoms with Gasteiger partial charge >= 0.3 is 0 Å². The first-order valence-electron chi connectivity index (χ1n) is 5.95. The first-order chi connectivity index (χ1) is 9.15. The molecule has 2 aromatic rings. The Kier molecular flexibility index (Phi) is 4.13. The predicted octanol–water partition coefficient (Wildman–Crippen LogP) is 2.93. The van der Waals surface area contributed by atoms with Crippen molar-refractivity contribution in [3.05, 3.63) is 41.2 Å². The van der Waals surface area contributed by atoms with Crippen LogP contribution in [0.5, 0.6) is 0 Å². The van der Waals surface area contributed by atoms with E-state index in [1.807, 2.05) is 44.6 Å². The fourth-order valence-electron chi connectivity index (χ4n) is 1.98. The third kappa shape index (κ3) is 2.91. The molecule has 1 aromatic carbocycles. The summed E-state index contributed by atoms with van der Waals surface area (Å²) in [6, 6.07) is 8.13. The molecule has 1 heterocycles. The van der Waals surface area contributed by atoms with Crippen LogP contribution in [0, 0.1) is 18.3 Å². The lowest BCUT2D eigenvalue weighted by molar-refractivity contribution is 0.756. The van der Waals surface area contributed by atoms with E-state index in [9.17, 15) is 5.26 Å². The molecule has 0 aliphatic heterocycles. The largest absolute Gasteiger partial charge is 0.380 e. The summed E-state index contributed by atoms with van der Waals surface area (Å²) in [5.41, 5.74) is 3.73. The molecule has 1 N–H and O–H groups in total. The van der Waals surface area contributed by atoms with E-state index in [-0.39, 0.29) is 0 Å². The van der Waals surface area contributed by atoms with E-state index >= 15 is 0 Å². The fourth-order valence-corrected chi connectivity index (χ4v) is 2.55. The fraction of sp³-hybridized carbons (Fsp3) is 0.286.